The Kier molecular flexibility index (Phi) is 6.05. The molecule has 1 aromatic heterocycles. The van der Waals surface area contributed by atoms with Gasteiger partial charge in [0.15, 0.2) is 5.13 Å². The summed E-state index contributed by atoms with van der Waals surface area (Å²) in [6, 6.07) is 9.08. The number of Topliss-reactive ketones (excluding diaryl/α,β-unsaturated/α-hetero) is 1. The summed E-state index contributed by atoms with van der Waals surface area (Å²) in [6.45, 7) is 11.4. The number of carbonyl (C=O) groups is 1. The van der Waals surface area contributed by atoms with Crippen LogP contribution in [0.3, 0.4) is 0 Å². The third-order valence-electron chi connectivity index (χ3n) is 5.41. The number of hydrogen-bond acceptors (Lipinski definition) is 4. The van der Waals surface area contributed by atoms with Crippen LogP contribution in [-0.4, -0.2) is 23.4 Å². The molecule has 1 aliphatic carbocycles. The van der Waals surface area contributed by atoms with Crippen molar-refractivity contribution in [1.29, 1.82) is 0 Å². The number of carbonyl (C=O) groups excluding carboxylic acids is 1. The lowest BCUT2D eigenvalue weighted by molar-refractivity contribution is -0.130. The van der Waals surface area contributed by atoms with Crippen molar-refractivity contribution in [2.75, 3.05) is 11.4 Å². The average molecular weight is 385 g/mol. The molecule has 0 radical (unpaired) electrons. The first-order valence-electron chi connectivity index (χ1n) is 10.1. The number of benzene rings is 1. The lowest BCUT2D eigenvalue weighted by Gasteiger charge is -2.25. The molecule has 0 spiro atoms. The molecule has 146 valence electrons. The second-order valence-corrected chi connectivity index (χ2v) is 9.62. The zero-order valence-corrected chi connectivity index (χ0v) is 18.1. The van der Waals surface area contributed by atoms with Crippen molar-refractivity contribution in [3.63, 3.8) is 0 Å². The van der Waals surface area contributed by atoms with Crippen LogP contribution in [0.1, 0.15) is 57.4 Å². The first-order valence-corrected chi connectivity index (χ1v) is 11.0. The van der Waals surface area contributed by atoms with Gasteiger partial charge in [-0.15, -0.1) is 11.3 Å². The molecule has 27 heavy (non-hydrogen) atoms. The predicted octanol–water partition coefficient (Wildman–Crippen LogP) is 5.46. The molecule has 0 saturated heterocycles. The second kappa shape index (κ2) is 8.14. The van der Waals surface area contributed by atoms with Crippen molar-refractivity contribution in [2.45, 2.75) is 66.3 Å². The number of rotatable bonds is 8. The molecule has 0 amide bonds. The van der Waals surface area contributed by atoms with Crippen molar-refractivity contribution >= 4 is 22.3 Å². The lowest BCUT2D eigenvalue weighted by atomic mass is 9.78. The van der Waals surface area contributed by atoms with Gasteiger partial charge in [0, 0.05) is 35.7 Å². The van der Waals surface area contributed by atoms with Gasteiger partial charge in [0.25, 0.3) is 0 Å². The molecule has 1 aliphatic rings. The zero-order valence-electron chi connectivity index (χ0n) is 17.3. The van der Waals surface area contributed by atoms with Gasteiger partial charge in [-0.25, -0.2) is 4.98 Å². The van der Waals surface area contributed by atoms with Crippen molar-refractivity contribution in [3.8, 4) is 0 Å². The molecule has 3 rings (SSSR count). The average Bonchev–Trinajstić information content (AvgIpc) is 3.34. The highest BCUT2D eigenvalue weighted by Crippen LogP contribution is 2.34. The molecule has 0 N–H and O–H groups in total. The highest BCUT2D eigenvalue weighted by Gasteiger charge is 2.32. The van der Waals surface area contributed by atoms with Gasteiger partial charge in [-0.3, -0.25) is 4.79 Å². The van der Waals surface area contributed by atoms with E-state index in [4.69, 9.17) is 4.98 Å². The molecule has 1 saturated carbocycles. The number of aryl methyl sites for hydroxylation is 1. The van der Waals surface area contributed by atoms with Gasteiger partial charge in [-0.1, -0.05) is 45.0 Å². The van der Waals surface area contributed by atoms with E-state index in [1.165, 1.54) is 24.0 Å². The Balaban J connectivity index is 1.80. The Hall–Kier alpha value is -1.68. The van der Waals surface area contributed by atoms with Gasteiger partial charge < -0.3 is 4.90 Å². The standard InChI is InChI=1S/C23H32N2OS/c1-6-25(20-11-12-20)22-24-19(15-27-22)14-18(21(26)23(3,4)5)13-17-10-8-7-9-16(17)2/h7-10,15,18,20H,6,11-14H2,1-5H3. The van der Waals surface area contributed by atoms with Crippen LogP contribution < -0.4 is 4.90 Å². The van der Waals surface area contributed by atoms with E-state index in [2.05, 4.69) is 48.4 Å². The van der Waals surface area contributed by atoms with Crippen LogP contribution in [0.4, 0.5) is 5.13 Å². The second-order valence-electron chi connectivity index (χ2n) is 8.78. The highest BCUT2D eigenvalue weighted by molar-refractivity contribution is 7.13. The van der Waals surface area contributed by atoms with E-state index in [0.29, 0.717) is 11.8 Å². The van der Waals surface area contributed by atoms with E-state index in [1.54, 1.807) is 11.3 Å². The molecule has 4 heteroatoms. The number of anilines is 1. The lowest BCUT2D eigenvalue weighted by Crippen LogP contribution is -2.31. The van der Waals surface area contributed by atoms with Crippen molar-refractivity contribution in [1.82, 2.24) is 4.98 Å². The highest BCUT2D eigenvalue weighted by atomic mass is 32.1. The number of thiazole rings is 1. The summed E-state index contributed by atoms with van der Waals surface area (Å²) in [5.74, 6) is 0.298. The summed E-state index contributed by atoms with van der Waals surface area (Å²) in [6.07, 6.45) is 4.07. The van der Waals surface area contributed by atoms with E-state index < -0.39 is 0 Å². The SMILES string of the molecule is CCN(c1nc(CC(Cc2ccccc2C)C(=O)C(C)(C)C)cs1)C1CC1. The number of nitrogens with zero attached hydrogens (tertiary/aromatic N) is 2. The summed E-state index contributed by atoms with van der Waals surface area (Å²) in [4.78, 5) is 20.5. The molecule has 1 fully saturated rings. The molecule has 3 nitrogen and oxygen atoms in total. The fourth-order valence-electron chi connectivity index (χ4n) is 3.68. The van der Waals surface area contributed by atoms with Gasteiger partial charge in [0.1, 0.15) is 5.78 Å². The first-order chi connectivity index (χ1) is 12.8. The van der Waals surface area contributed by atoms with Crippen LogP contribution in [0.2, 0.25) is 0 Å². The third-order valence-corrected chi connectivity index (χ3v) is 6.33. The van der Waals surface area contributed by atoms with Crippen LogP contribution in [0, 0.1) is 18.3 Å². The summed E-state index contributed by atoms with van der Waals surface area (Å²) in [7, 11) is 0. The van der Waals surface area contributed by atoms with Gasteiger partial charge in [0.2, 0.25) is 0 Å². The molecule has 0 aliphatic heterocycles. The zero-order chi connectivity index (χ0) is 19.6. The molecule has 1 unspecified atom stereocenters. The quantitative estimate of drug-likeness (QED) is 0.606. The molecule has 0 bridgehead atoms. The minimum absolute atomic E-state index is 0.0305. The van der Waals surface area contributed by atoms with E-state index in [0.717, 1.165) is 30.2 Å². The topological polar surface area (TPSA) is 33.2 Å². The van der Waals surface area contributed by atoms with Crippen molar-refractivity contribution < 1.29 is 4.79 Å². The molecule has 1 atom stereocenters. The van der Waals surface area contributed by atoms with Crippen molar-refractivity contribution in [3.05, 3.63) is 46.5 Å². The van der Waals surface area contributed by atoms with Crippen LogP contribution in [0.25, 0.3) is 0 Å². The number of hydrogen-bond donors (Lipinski definition) is 0. The molecule has 1 heterocycles. The van der Waals surface area contributed by atoms with Crippen LogP contribution >= 0.6 is 11.3 Å². The normalized spacial score (nSPS) is 15.6. The minimum atomic E-state index is -0.338. The van der Waals surface area contributed by atoms with E-state index >= 15 is 0 Å². The van der Waals surface area contributed by atoms with Gasteiger partial charge in [-0.05, 0) is 44.2 Å². The molecular weight excluding hydrogens is 352 g/mol. The maximum Gasteiger partial charge on any atom is 0.185 e. The van der Waals surface area contributed by atoms with Crippen LogP contribution in [-0.2, 0) is 17.6 Å². The Morgan fingerprint density at radius 1 is 1.26 bits per heavy atom. The fourth-order valence-corrected chi connectivity index (χ4v) is 4.66. The van der Waals surface area contributed by atoms with Gasteiger partial charge >= 0.3 is 0 Å². The molecule has 1 aromatic carbocycles. The third kappa shape index (κ3) is 4.98. The summed E-state index contributed by atoms with van der Waals surface area (Å²) in [5.41, 5.74) is 3.25. The minimum Gasteiger partial charge on any atom is -0.345 e. The van der Waals surface area contributed by atoms with Gasteiger partial charge in [0.05, 0.1) is 5.69 Å². The summed E-state index contributed by atoms with van der Waals surface area (Å²) in [5, 5.41) is 3.27. The van der Waals surface area contributed by atoms with Crippen molar-refractivity contribution in [2.24, 2.45) is 11.3 Å². The number of ketones is 1. The predicted molar refractivity (Wildman–Crippen MR) is 115 cm³/mol. The molecular formula is C23H32N2OS. The summed E-state index contributed by atoms with van der Waals surface area (Å²) >= 11 is 1.72. The van der Waals surface area contributed by atoms with E-state index in [-0.39, 0.29) is 11.3 Å². The Labute approximate surface area is 167 Å². The largest absolute Gasteiger partial charge is 0.345 e. The van der Waals surface area contributed by atoms with E-state index in [9.17, 15) is 4.79 Å². The van der Waals surface area contributed by atoms with E-state index in [1.807, 2.05) is 20.8 Å². The first kappa shape index (κ1) is 20.1. The maximum atomic E-state index is 13.2. The smallest absolute Gasteiger partial charge is 0.185 e. The number of aromatic nitrogens is 1. The maximum absolute atomic E-state index is 13.2. The summed E-state index contributed by atoms with van der Waals surface area (Å²) < 4.78 is 0. The fraction of sp³-hybridized carbons (Fsp3) is 0.565. The Bertz CT molecular complexity index is 786. The van der Waals surface area contributed by atoms with Crippen LogP contribution in [0.15, 0.2) is 29.6 Å². The van der Waals surface area contributed by atoms with Gasteiger partial charge in [-0.2, -0.15) is 0 Å². The molecule has 2 aromatic rings. The monoisotopic (exact) mass is 384 g/mol. The van der Waals surface area contributed by atoms with Crippen LogP contribution in [0.5, 0.6) is 0 Å². The Morgan fingerprint density at radius 3 is 2.56 bits per heavy atom. The Morgan fingerprint density at radius 2 is 1.96 bits per heavy atom.